The summed E-state index contributed by atoms with van der Waals surface area (Å²) < 4.78 is 5.71. The number of hydrogen-bond donors (Lipinski definition) is 1. The fourth-order valence-electron chi connectivity index (χ4n) is 2.69. The third-order valence-electron chi connectivity index (χ3n) is 4.03. The summed E-state index contributed by atoms with van der Waals surface area (Å²) >= 11 is 1.47. The number of aromatic nitrogens is 5. The molecule has 1 saturated heterocycles. The van der Waals surface area contributed by atoms with Crippen molar-refractivity contribution in [1.29, 1.82) is 0 Å². The van der Waals surface area contributed by atoms with Gasteiger partial charge in [-0.25, -0.2) is 15.1 Å². The molecule has 0 spiro atoms. The molecule has 0 bridgehead atoms. The molecule has 9 nitrogen and oxygen atoms in total. The van der Waals surface area contributed by atoms with Gasteiger partial charge in [0.2, 0.25) is 5.95 Å². The minimum absolute atomic E-state index is 0.0885. The Kier molecular flexibility index (Phi) is 4.82. The highest BCUT2D eigenvalue weighted by atomic mass is 32.2. The van der Waals surface area contributed by atoms with Crippen LogP contribution in [-0.2, 0) is 5.75 Å². The molecule has 134 valence electrons. The summed E-state index contributed by atoms with van der Waals surface area (Å²) in [5, 5.41) is 7.38. The van der Waals surface area contributed by atoms with E-state index in [2.05, 4.69) is 30.0 Å². The predicted molar refractivity (Wildman–Crippen MR) is 94.8 cm³/mol. The highest BCUT2D eigenvalue weighted by Gasteiger charge is 2.25. The average molecular weight is 371 g/mol. The van der Waals surface area contributed by atoms with Gasteiger partial charge in [-0.1, -0.05) is 11.8 Å². The summed E-state index contributed by atoms with van der Waals surface area (Å²) in [4.78, 5) is 28.9. The van der Waals surface area contributed by atoms with Gasteiger partial charge in [-0.3, -0.25) is 4.79 Å². The largest absolute Gasteiger partial charge is 0.455 e. The fourth-order valence-corrected chi connectivity index (χ4v) is 3.39. The van der Waals surface area contributed by atoms with Crippen LogP contribution in [-0.4, -0.2) is 62.1 Å². The number of nitrogens with zero attached hydrogens (tertiary/aromatic N) is 6. The van der Waals surface area contributed by atoms with Crippen molar-refractivity contribution in [3.05, 3.63) is 48.4 Å². The smallest absolute Gasteiger partial charge is 0.289 e. The summed E-state index contributed by atoms with van der Waals surface area (Å²) in [6.07, 6.45) is 4.88. The SMILES string of the molecule is O=C(c1ccc(CSc2ncccn2)o1)N1CCN(c2ncn[nH]2)CC1. The van der Waals surface area contributed by atoms with Gasteiger partial charge in [-0.2, -0.15) is 10.1 Å². The number of nitrogens with one attached hydrogen (secondary N) is 1. The van der Waals surface area contributed by atoms with Crippen molar-refractivity contribution in [2.45, 2.75) is 10.9 Å². The van der Waals surface area contributed by atoms with Crippen LogP contribution in [0.2, 0.25) is 0 Å². The van der Waals surface area contributed by atoms with E-state index < -0.39 is 0 Å². The van der Waals surface area contributed by atoms with Crippen molar-refractivity contribution >= 4 is 23.6 Å². The van der Waals surface area contributed by atoms with Gasteiger partial charge in [0, 0.05) is 38.6 Å². The Morgan fingerprint density at radius 1 is 1.15 bits per heavy atom. The van der Waals surface area contributed by atoms with Gasteiger partial charge in [0.1, 0.15) is 12.1 Å². The van der Waals surface area contributed by atoms with Crippen molar-refractivity contribution in [3.63, 3.8) is 0 Å². The zero-order valence-corrected chi connectivity index (χ0v) is 14.7. The van der Waals surface area contributed by atoms with Gasteiger partial charge in [0.15, 0.2) is 10.9 Å². The van der Waals surface area contributed by atoms with Crippen molar-refractivity contribution < 1.29 is 9.21 Å². The predicted octanol–water partition coefficient (Wildman–Crippen LogP) is 1.44. The number of aromatic amines is 1. The summed E-state index contributed by atoms with van der Waals surface area (Å²) in [6, 6.07) is 5.33. The lowest BCUT2D eigenvalue weighted by molar-refractivity contribution is 0.0712. The summed E-state index contributed by atoms with van der Waals surface area (Å²) in [5.74, 6) is 2.32. The molecule has 1 N–H and O–H groups in total. The molecule has 3 aromatic rings. The number of carbonyl (C=O) groups excluding carboxylic acids is 1. The molecule has 1 amide bonds. The standard InChI is InChI=1S/C16H17N7O2S/c24-14(22-6-8-23(9-7-22)15-19-11-20-21-15)13-3-2-12(25-13)10-26-16-17-4-1-5-18-16/h1-5,11H,6-10H2,(H,19,20,21). The number of piperazine rings is 1. The van der Waals surface area contributed by atoms with E-state index in [1.807, 2.05) is 6.07 Å². The van der Waals surface area contributed by atoms with Crippen LogP contribution in [0.25, 0.3) is 0 Å². The topological polar surface area (TPSA) is 104 Å². The van der Waals surface area contributed by atoms with Crippen LogP contribution in [0.4, 0.5) is 5.95 Å². The van der Waals surface area contributed by atoms with Crippen LogP contribution < -0.4 is 4.90 Å². The maximum absolute atomic E-state index is 12.6. The van der Waals surface area contributed by atoms with Gasteiger partial charge in [0.25, 0.3) is 5.91 Å². The molecule has 1 fully saturated rings. The van der Waals surface area contributed by atoms with Gasteiger partial charge >= 0.3 is 0 Å². The van der Waals surface area contributed by atoms with Crippen molar-refractivity contribution in [2.75, 3.05) is 31.1 Å². The third kappa shape index (κ3) is 3.69. The third-order valence-corrected chi connectivity index (χ3v) is 4.92. The zero-order chi connectivity index (χ0) is 17.8. The Bertz CT molecular complexity index is 845. The first-order valence-corrected chi connectivity index (χ1v) is 9.16. The molecule has 3 aromatic heterocycles. The Hall–Kier alpha value is -2.88. The van der Waals surface area contributed by atoms with E-state index in [1.165, 1.54) is 18.1 Å². The molecule has 1 aliphatic heterocycles. The molecule has 4 rings (SSSR count). The van der Waals surface area contributed by atoms with Crippen LogP contribution in [0.5, 0.6) is 0 Å². The van der Waals surface area contributed by atoms with Gasteiger partial charge < -0.3 is 14.2 Å². The fraction of sp³-hybridized carbons (Fsp3) is 0.312. The highest BCUT2D eigenvalue weighted by Crippen LogP contribution is 2.21. The number of hydrogen-bond acceptors (Lipinski definition) is 8. The second-order valence-corrected chi connectivity index (χ2v) is 6.62. The van der Waals surface area contributed by atoms with E-state index >= 15 is 0 Å². The van der Waals surface area contributed by atoms with E-state index in [0.717, 1.165) is 11.7 Å². The van der Waals surface area contributed by atoms with E-state index in [4.69, 9.17) is 4.42 Å². The van der Waals surface area contributed by atoms with Gasteiger partial charge in [-0.05, 0) is 18.2 Å². The maximum atomic E-state index is 12.6. The summed E-state index contributed by atoms with van der Waals surface area (Å²) in [6.45, 7) is 2.63. The number of thioether (sulfide) groups is 1. The molecule has 0 aromatic carbocycles. The first-order valence-electron chi connectivity index (χ1n) is 8.18. The molecule has 1 aliphatic rings. The second-order valence-electron chi connectivity index (χ2n) is 5.67. The number of carbonyl (C=O) groups is 1. The lowest BCUT2D eigenvalue weighted by Gasteiger charge is -2.33. The van der Waals surface area contributed by atoms with Crippen LogP contribution >= 0.6 is 11.8 Å². The molecule has 10 heteroatoms. The molecule has 26 heavy (non-hydrogen) atoms. The molecular formula is C16H17N7O2S. The van der Waals surface area contributed by atoms with Crippen molar-refractivity contribution in [1.82, 2.24) is 30.0 Å². The normalized spacial score (nSPS) is 14.6. The van der Waals surface area contributed by atoms with Crippen LogP contribution in [0.15, 0.2) is 46.5 Å². The lowest BCUT2D eigenvalue weighted by atomic mass is 10.3. The number of anilines is 1. The number of amides is 1. The minimum Gasteiger partial charge on any atom is -0.455 e. The molecule has 4 heterocycles. The summed E-state index contributed by atoms with van der Waals surface area (Å²) in [7, 11) is 0. The first-order chi connectivity index (χ1) is 12.8. The Labute approximate surface area is 153 Å². The Morgan fingerprint density at radius 2 is 1.96 bits per heavy atom. The lowest BCUT2D eigenvalue weighted by Crippen LogP contribution is -2.49. The van der Waals surface area contributed by atoms with Crippen LogP contribution in [0, 0.1) is 0 Å². The van der Waals surface area contributed by atoms with Crippen molar-refractivity contribution in [2.24, 2.45) is 0 Å². The van der Waals surface area contributed by atoms with E-state index in [1.54, 1.807) is 29.4 Å². The number of furan rings is 1. The maximum Gasteiger partial charge on any atom is 0.289 e. The van der Waals surface area contributed by atoms with Crippen molar-refractivity contribution in [3.8, 4) is 0 Å². The average Bonchev–Trinajstić information content (AvgIpc) is 3.39. The number of rotatable bonds is 5. The van der Waals surface area contributed by atoms with E-state index in [0.29, 0.717) is 42.8 Å². The van der Waals surface area contributed by atoms with Gasteiger partial charge in [-0.15, -0.1) is 0 Å². The molecule has 0 unspecified atom stereocenters. The van der Waals surface area contributed by atoms with Crippen LogP contribution in [0.3, 0.4) is 0 Å². The minimum atomic E-state index is -0.0885. The monoisotopic (exact) mass is 371 g/mol. The molecule has 0 radical (unpaired) electrons. The molecule has 0 atom stereocenters. The summed E-state index contributed by atoms with van der Waals surface area (Å²) in [5.41, 5.74) is 0. The Balaban J connectivity index is 1.32. The molecule has 0 saturated carbocycles. The van der Waals surface area contributed by atoms with Gasteiger partial charge in [0.05, 0.1) is 5.75 Å². The quantitative estimate of drug-likeness (QED) is 0.531. The van der Waals surface area contributed by atoms with E-state index in [-0.39, 0.29) is 5.91 Å². The second kappa shape index (κ2) is 7.56. The highest BCUT2D eigenvalue weighted by molar-refractivity contribution is 7.98. The number of H-pyrrole nitrogens is 1. The van der Waals surface area contributed by atoms with E-state index in [9.17, 15) is 4.79 Å². The Morgan fingerprint density at radius 3 is 2.69 bits per heavy atom. The molecular weight excluding hydrogens is 354 g/mol. The zero-order valence-electron chi connectivity index (χ0n) is 13.9. The van der Waals surface area contributed by atoms with Crippen LogP contribution in [0.1, 0.15) is 16.3 Å². The molecule has 0 aliphatic carbocycles. The first kappa shape index (κ1) is 16.6.